The summed E-state index contributed by atoms with van der Waals surface area (Å²) in [5, 5.41) is 3.68. The lowest BCUT2D eigenvalue weighted by molar-refractivity contribution is 0.0475. The van der Waals surface area contributed by atoms with Crippen LogP contribution in [0.2, 0.25) is 0 Å². The highest BCUT2D eigenvalue weighted by atomic mass is 15.3. The van der Waals surface area contributed by atoms with Gasteiger partial charge >= 0.3 is 0 Å². The van der Waals surface area contributed by atoms with Gasteiger partial charge in [0, 0.05) is 31.2 Å². The van der Waals surface area contributed by atoms with Gasteiger partial charge in [-0.1, -0.05) is 44.2 Å². The van der Waals surface area contributed by atoms with Gasteiger partial charge in [-0.25, -0.2) is 0 Å². The van der Waals surface area contributed by atoms with E-state index in [1.54, 1.807) is 0 Å². The maximum absolute atomic E-state index is 3.68. The second kappa shape index (κ2) is 5.41. The Labute approximate surface area is 111 Å². The van der Waals surface area contributed by atoms with Crippen molar-refractivity contribution in [3.8, 4) is 0 Å². The van der Waals surface area contributed by atoms with Crippen LogP contribution in [0.25, 0.3) is 0 Å². The van der Waals surface area contributed by atoms with Gasteiger partial charge in [-0.3, -0.25) is 4.90 Å². The quantitative estimate of drug-likeness (QED) is 0.882. The topological polar surface area (TPSA) is 15.3 Å². The summed E-state index contributed by atoms with van der Waals surface area (Å²) in [5.74, 6) is 0.694. The van der Waals surface area contributed by atoms with E-state index < -0.39 is 0 Å². The van der Waals surface area contributed by atoms with Gasteiger partial charge in [0.2, 0.25) is 0 Å². The van der Waals surface area contributed by atoms with Crippen LogP contribution in [0.5, 0.6) is 0 Å². The molecule has 1 aromatic rings. The average molecular weight is 246 g/mol. The standard InChI is InChI=1S/C16H26N2/c1-13(2)15-11-18(16(3,4)12-17-15)10-14-8-6-5-7-9-14/h5-9,13,15,17H,10-12H2,1-4H3/t15-/m1/s1. The zero-order valence-corrected chi connectivity index (χ0v) is 12.1. The molecule has 1 fully saturated rings. The molecule has 0 aromatic heterocycles. The molecule has 1 aromatic carbocycles. The molecule has 1 heterocycles. The molecule has 0 aliphatic carbocycles. The van der Waals surface area contributed by atoms with Crippen LogP contribution in [0.3, 0.4) is 0 Å². The van der Waals surface area contributed by atoms with Crippen molar-refractivity contribution < 1.29 is 0 Å². The van der Waals surface area contributed by atoms with Crippen LogP contribution in [0, 0.1) is 5.92 Å². The van der Waals surface area contributed by atoms with E-state index in [2.05, 4.69) is 68.2 Å². The van der Waals surface area contributed by atoms with Crippen molar-refractivity contribution in [1.29, 1.82) is 0 Å². The minimum atomic E-state index is 0.237. The minimum Gasteiger partial charge on any atom is -0.311 e. The van der Waals surface area contributed by atoms with Gasteiger partial charge in [0.1, 0.15) is 0 Å². The smallest absolute Gasteiger partial charge is 0.0281 e. The van der Waals surface area contributed by atoms with Gasteiger partial charge in [-0.15, -0.1) is 0 Å². The predicted molar refractivity (Wildman–Crippen MR) is 77.6 cm³/mol. The summed E-state index contributed by atoms with van der Waals surface area (Å²) in [6.07, 6.45) is 0. The van der Waals surface area contributed by atoms with Gasteiger partial charge in [-0.2, -0.15) is 0 Å². The fraction of sp³-hybridized carbons (Fsp3) is 0.625. The first-order chi connectivity index (χ1) is 8.49. The number of hydrogen-bond acceptors (Lipinski definition) is 2. The first-order valence-corrected chi connectivity index (χ1v) is 7.01. The van der Waals surface area contributed by atoms with Gasteiger partial charge in [0.15, 0.2) is 0 Å². The van der Waals surface area contributed by atoms with Crippen LogP contribution < -0.4 is 5.32 Å². The maximum Gasteiger partial charge on any atom is 0.0281 e. The molecule has 1 atom stereocenters. The van der Waals surface area contributed by atoms with E-state index in [1.807, 2.05) is 0 Å². The molecule has 0 unspecified atom stereocenters. The van der Waals surface area contributed by atoms with Gasteiger partial charge in [0.25, 0.3) is 0 Å². The zero-order valence-electron chi connectivity index (χ0n) is 12.1. The van der Waals surface area contributed by atoms with Crippen molar-refractivity contribution in [3.05, 3.63) is 35.9 Å². The third-order valence-corrected chi connectivity index (χ3v) is 4.09. The summed E-state index contributed by atoms with van der Waals surface area (Å²) in [5.41, 5.74) is 1.65. The molecule has 2 rings (SSSR count). The van der Waals surface area contributed by atoms with Crippen molar-refractivity contribution >= 4 is 0 Å². The van der Waals surface area contributed by atoms with Crippen LogP contribution in [0.4, 0.5) is 0 Å². The van der Waals surface area contributed by atoms with Crippen molar-refractivity contribution in [2.75, 3.05) is 13.1 Å². The van der Waals surface area contributed by atoms with Crippen molar-refractivity contribution in [3.63, 3.8) is 0 Å². The Kier molecular flexibility index (Phi) is 4.08. The monoisotopic (exact) mass is 246 g/mol. The Balaban J connectivity index is 2.08. The molecule has 2 nitrogen and oxygen atoms in total. The van der Waals surface area contributed by atoms with E-state index in [0.717, 1.165) is 19.6 Å². The summed E-state index contributed by atoms with van der Waals surface area (Å²) in [6, 6.07) is 11.4. The number of benzene rings is 1. The van der Waals surface area contributed by atoms with Crippen molar-refractivity contribution in [2.45, 2.75) is 45.8 Å². The highest BCUT2D eigenvalue weighted by molar-refractivity contribution is 5.15. The van der Waals surface area contributed by atoms with Crippen LogP contribution >= 0.6 is 0 Å². The molecule has 0 saturated carbocycles. The number of nitrogens with one attached hydrogen (secondary N) is 1. The summed E-state index contributed by atoms with van der Waals surface area (Å²) in [4.78, 5) is 2.61. The molecule has 0 bridgehead atoms. The lowest BCUT2D eigenvalue weighted by atomic mass is 9.92. The summed E-state index contributed by atoms with van der Waals surface area (Å²) >= 11 is 0. The number of piperazine rings is 1. The Bertz CT molecular complexity index is 370. The van der Waals surface area contributed by atoms with Crippen molar-refractivity contribution in [2.24, 2.45) is 5.92 Å². The van der Waals surface area contributed by atoms with Crippen LogP contribution in [-0.2, 0) is 6.54 Å². The Morgan fingerprint density at radius 1 is 1.28 bits per heavy atom. The number of hydrogen-bond donors (Lipinski definition) is 1. The third-order valence-electron chi connectivity index (χ3n) is 4.09. The molecule has 2 heteroatoms. The lowest BCUT2D eigenvalue weighted by Gasteiger charge is -2.47. The Hall–Kier alpha value is -0.860. The van der Waals surface area contributed by atoms with E-state index in [-0.39, 0.29) is 5.54 Å². The van der Waals surface area contributed by atoms with Crippen LogP contribution in [-0.4, -0.2) is 29.6 Å². The second-order valence-electron chi connectivity index (χ2n) is 6.41. The molecule has 0 spiro atoms. The highest BCUT2D eigenvalue weighted by Gasteiger charge is 2.34. The fourth-order valence-electron chi connectivity index (χ4n) is 2.57. The molecule has 1 N–H and O–H groups in total. The molecule has 0 radical (unpaired) electrons. The normalized spacial score (nSPS) is 24.4. The first-order valence-electron chi connectivity index (χ1n) is 7.01. The minimum absolute atomic E-state index is 0.237. The summed E-state index contributed by atoms with van der Waals surface area (Å²) in [6.45, 7) is 12.5. The molecule has 18 heavy (non-hydrogen) atoms. The van der Waals surface area contributed by atoms with Gasteiger partial charge < -0.3 is 5.32 Å². The second-order valence-corrected chi connectivity index (χ2v) is 6.41. The SMILES string of the molecule is CC(C)[C@H]1CN(Cc2ccccc2)C(C)(C)CN1. The number of nitrogens with zero attached hydrogens (tertiary/aromatic N) is 1. The fourth-order valence-corrected chi connectivity index (χ4v) is 2.57. The van der Waals surface area contributed by atoms with E-state index in [1.165, 1.54) is 5.56 Å². The molecule has 1 saturated heterocycles. The van der Waals surface area contributed by atoms with Gasteiger partial charge in [-0.05, 0) is 25.3 Å². The Morgan fingerprint density at radius 3 is 2.56 bits per heavy atom. The summed E-state index contributed by atoms with van der Waals surface area (Å²) in [7, 11) is 0. The Morgan fingerprint density at radius 2 is 1.94 bits per heavy atom. The van der Waals surface area contributed by atoms with E-state index in [0.29, 0.717) is 12.0 Å². The summed E-state index contributed by atoms with van der Waals surface area (Å²) < 4.78 is 0. The zero-order chi connectivity index (χ0) is 13.2. The lowest BCUT2D eigenvalue weighted by Crippen LogP contribution is -2.62. The molecule has 100 valence electrons. The van der Waals surface area contributed by atoms with E-state index >= 15 is 0 Å². The third kappa shape index (κ3) is 3.12. The van der Waals surface area contributed by atoms with Crippen LogP contribution in [0.1, 0.15) is 33.3 Å². The largest absolute Gasteiger partial charge is 0.311 e. The van der Waals surface area contributed by atoms with E-state index in [9.17, 15) is 0 Å². The first kappa shape index (κ1) is 13.6. The number of rotatable bonds is 3. The van der Waals surface area contributed by atoms with E-state index in [4.69, 9.17) is 0 Å². The maximum atomic E-state index is 3.68. The molecular formula is C16H26N2. The molecule has 1 aliphatic heterocycles. The van der Waals surface area contributed by atoms with Gasteiger partial charge in [0.05, 0.1) is 0 Å². The van der Waals surface area contributed by atoms with Crippen LogP contribution in [0.15, 0.2) is 30.3 Å². The highest BCUT2D eigenvalue weighted by Crippen LogP contribution is 2.23. The molecule has 1 aliphatic rings. The average Bonchev–Trinajstić information content (AvgIpc) is 2.33. The molecule has 0 amide bonds. The predicted octanol–water partition coefficient (Wildman–Crippen LogP) is 2.90. The molecular weight excluding hydrogens is 220 g/mol. The van der Waals surface area contributed by atoms with Crippen molar-refractivity contribution in [1.82, 2.24) is 10.2 Å².